The van der Waals surface area contributed by atoms with Crippen molar-refractivity contribution < 1.29 is 4.79 Å². The van der Waals surface area contributed by atoms with Crippen LogP contribution < -0.4 is 16.0 Å². The van der Waals surface area contributed by atoms with Crippen LogP contribution in [0.25, 0.3) is 0 Å². The molecular formula is C20H28ClN3O. The van der Waals surface area contributed by atoms with E-state index in [0.717, 1.165) is 25.2 Å². The van der Waals surface area contributed by atoms with Crippen LogP contribution in [0.4, 0.5) is 5.69 Å². The minimum atomic E-state index is -0.0479. The highest BCUT2D eigenvalue weighted by Crippen LogP contribution is 2.18. The Labute approximate surface area is 156 Å². The average molecular weight is 362 g/mol. The van der Waals surface area contributed by atoms with Gasteiger partial charge in [-0.3, -0.25) is 4.79 Å². The topological polar surface area (TPSA) is 58.4 Å². The van der Waals surface area contributed by atoms with Gasteiger partial charge in [-0.05, 0) is 50.1 Å². The maximum absolute atomic E-state index is 12.1. The number of anilines is 1. The summed E-state index contributed by atoms with van der Waals surface area (Å²) in [5, 5.41) is 2.90. The van der Waals surface area contributed by atoms with Crippen LogP contribution in [0, 0.1) is 0 Å². The van der Waals surface area contributed by atoms with Crippen LogP contribution in [0.3, 0.4) is 0 Å². The number of halogens is 1. The van der Waals surface area contributed by atoms with Crippen molar-refractivity contribution in [1.29, 1.82) is 0 Å². The maximum Gasteiger partial charge on any atom is 0.251 e. The van der Waals surface area contributed by atoms with Gasteiger partial charge in [-0.2, -0.15) is 0 Å². The standard InChI is InChI=1S/C20H27N3O.ClH/c1-3-23(15-17-7-5-4-6-8-17)19-11-9-18(10-12-19)20(24)22-14-13-16(2)21;/h4-12,16H,3,13-15,21H2,1-2H3,(H,22,24);1H. The Hall–Kier alpha value is -2.04. The van der Waals surface area contributed by atoms with Crippen LogP contribution in [0.2, 0.25) is 0 Å². The van der Waals surface area contributed by atoms with Crippen molar-refractivity contribution in [3.63, 3.8) is 0 Å². The van der Waals surface area contributed by atoms with Gasteiger partial charge in [0.25, 0.3) is 5.91 Å². The molecule has 0 bridgehead atoms. The number of nitrogens with two attached hydrogens (primary N) is 1. The van der Waals surface area contributed by atoms with Gasteiger partial charge in [0.05, 0.1) is 0 Å². The third kappa shape index (κ3) is 6.77. The van der Waals surface area contributed by atoms with Crippen molar-refractivity contribution in [1.82, 2.24) is 5.32 Å². The van der Waals surface area contributed by atoms with Gasteiger partial charge < -0.3 is 16.0 Å². The molecule has 0 fully saturated rings. The number of carbonyl (C=O) groups excluding carboxylic acids is 1. The zero-order valence-corrected chi connectivity index (χ0v) is 15.8. The van der Waals surface area contributed by atoms with E-state index in [1.807, 2.05) is 37.3 Å². The predicted molar refractivity (Wildman–Crippen MR) is 107 cm³/mol. The normalized spacial score (nSPS) is 11.3. The van der Waals surface area contributed by atoms with Gasteiger partial charge in [-0.1, -0.05) is 30.3 Å². The molecule has 0 aliphatic rings. The second-order valence-corrected chi connectivity index (χ2v) is 6.07. The molecule has 0 aromatic heterocycles. The molecule has 2 aromatic carbocycles. The Kier molecular flexibility index (Phi) is 9.03. The Balaban J connectivity index is 0.00000312. The summed E-state index contributed by atoms with van der Waals surface area (Å²) in [5.74, 6) is -0.0479. The smallest absolute Gasteiger partial charge is 0.251 e. The van der Waals surface area contributed by atoms with Crippen LogP contribution in [0.15, 0.2) is 54.6 Å². The van der Waals surface area contributed by atoms with Gasteiger partial charge in [0.15, 0.2) is 0 Å². The first-order valence-electron chi connectivity index (χ1n) is 8.53. The molecule has 136 valence electrons. The molecule has 0 aliphatic carbocycles. The van der Waals surface area contributed by atoms with Gasteiger partial charge in [0, 0.05) is 36.9 Å². The minimum Gasteiger partial charge on any atom is -0.367 e. The number of nitrogens with zero attached hydrogens (tertiary/aromatic N) is 1. The Bertz CT molecular complexity index is 629. The number of hydrogen-bond acceptors (Lipinski definition) is 3. The lowest BCUT2D eigenvalue weighted by Gasteiger charge is -2.23. The average Bonchev–Trinajstić information content (AvgIpc) is 2.60. The number of carbonyl (C=O) groups is 1. The summed E-state index contributed by atoms with van der Waals surface area (Å²) >= 11 is 0. The summed E-state index contributed by atoms with van der Waals surface area (Å²) in [6, 6.07) is 18.3. The van der Waals surface area contributed by atoms with Crippen molar-refractivity contribution in [3.8, 4) is 0 Å². The van der Waals surface area contributed by atoms with Crippen molar-refractivity contribution in [2.45, 2.75) is 32.9 Å². The number of rotatable bonds is 8. The first-order valence-corrected chi connectivity index (χ1v) is 8.53. The summed E-state index contributed by atoms with van der Waals surface area (Å²) in [5.41, 5.74) is 8.77. The number of hydrogen-bond donors (Lipinski definition) is 2. The Morgan fingerprint density at radius 1 is 1.12 bits per heavy atom. The number of benzene rings is 2. The summed E-state index contributed by atoms with van der Waals surface area (Å²) in [6.07, 6.45) is 0.782. The molecule has 0 radical (unpaired) electrons. The third-order valence-electron chi connectivity index (χ3n) is 3.98. The molecule has 2 aromatic rings. The lowest BCUT2D eigenvalue weighted by Crippen LogP contribution is -2.29. The fraction of sp³-hybridized carbons (Fsp3) is 0.350. The summed E-state index contributed by atoms with van der Waals surface area (Å²) in [7, 11) is 0. The largest absolute Gasteiger partial charge is 0.367 e. The predicted octanol–water partition coefficient (Wildman–Crippen LogP) is 3.60. The van der Waals surface area contributed by atoms with E-state index in [4.69, 9.17) is 5.73 Å². The molecular weight excluding hydrogens is 334 g/mol. The van der Waals surface area contributed by atoms with Crippen molar-refractivity contribution in [2.75, 3.05) is 18.0 Å². The zero-order valence-electron chi connectivity index (χ0n) is 14.9. The van der Waals surface area contributed by atoms with E-state index in [1.54, 1.807) is 0 Å². The molecule has 4 nitrogen and oxygen atoms in total. The molecule has 1 atom stereocenters. The second-order valence-electron chi connectivity index (χ2n) is 6.07. The summed E-state index contributed by atoms with van der Waals surface area (Å²) in [6.45, 7) is 6.45. The lowest BCUT2D eigenvalue weighted by atomic mass is 10.1. The van der Waals surface area contributed by atoms with Crippen molar-refractivity contribution in [3.05, 3.63) is 65.7 Å². The lowest BCUT2D eigenvalue weighted by molar-refractivity contribution is 0.0953. The van der Waals surface area contributed by atoms with Crippen LogP contribution in [-0.2, 0) is 6.54 Å². The van der Waals surface area contributed by atoms with Crippen LogP contribution >= 0.6 is 12.4 Å². The minimum absolute atomic E-state index is 0. The van der Waals surface area contributed by atoms with Crippen molar-refractivity contribution in [2.24, 2.45) is 5.73 Å². The number of amides is 1. The number of nitrogens with one attached hydrogen (secondary N) is 1. The molecule has 3 N–H and O–H groups in total. The molecule has 0 aliphatic heterocycles. The first-order chi connectivity index (χ1) is 11.6. The van der Waals surface area contributed by atoms with Crippen molar-refractivity contribution >= 4 is 24.0 Å². The molecule has 1 amide bonds. The highest BCUT2D eigenvalue weighted by Gasteiger charge is 2.08. The van der Waals surface area contributed by atoms with Crippen LogP contribution in [0.1, 0.15) is 36.2 Å². The zero-order chi connectivity index (χ0) is 17.4. The summed E-state index contributed by atoms with van der Waals surface area (Å²) < 4.78 is 0. The van der Waals surface area contributed by atoms with Gasteiger partial charge in [-0.25, -0.2) is 0 Å². The molecule has 1 unspecified atom stereocenters. The van der Waals surface area contributed by atoms with E-state index in [1.165, 1.54) is 5.56 Å². The SMILES string of the molecule is CCN(Cc1ccccc1)c1ccc(C(=O)NCCC(C)N)cc1.Cl. The first kappa shape index (κ1) is 21.0. The molecule has 5 heteroatoms. The van der Waals surface area contributed by atoms with Gasteiger partial charge in [-0.15, -0.1) is 12.4 Å². The van der Waals surface area contributed by atoms with Crippen LogP contribution in [0.5, 0.6) is 0 Å². The van der Waals surface area contributed by atoms with E-state index >= 15 is 0 Å². The quantitative estimate of drug-likeness (QED) is 0.755. The molecule has 0 heterocycles. The molecule has 0 saturated carbocycles. The van der Waals surface area contributed by atoms with Gasteiger partial charge in [0.1, 0.15) is 0 Å². The Morgan fingerprint density at radius 2 is 1.76 bits per heavy atom. The molecule has 2 rings (SSSR count). The van der Waals surface area contributed by atoms with E-state index in [9.17, 15) is 4.79 Å². The van der Waals surface area contributed by atoms with E-state index in [-0.39, 0.29) is 24.4 Å². The van der Waals surface area contributed by atoms with Crippen LogP contribution in [-0.4, -0.2) is 25.0 Å². The fourth-order valence-electron chi connectivity index (χ4n) is 2.53. The third-order valence-corrected chi connectivity index (χ3v) is 3.98. The second kappa shape index (κ2) is 10.7. The fourth-order valence-corrected chi connectivity index (χ4v) is 2.53. The Morgan fingerprint density at radius 3 is 2.32 bits per heavy atom. The van der Waals surface area contributed by atoms with E-state index in [2.05, 4.69) is 41.4 Å². The molecule has 25 heavy (non-hydrogen) atoms. The maximum atomic E-state index is 12.1. The highest BCUT2D eigenvalue weighted by atomic mass is 35.5. The monoisotopic (exact) mass is 361 g/mol. The van der Waals surface area contributed by atoms with E-state index < -0.39 is 0 Å². The highest BCUT2D eigenvalue weighted by molar-refractivity contribution is 5.94. The van der Waals surface area contributed by atoms with Gasteiger partial charge in [0.2, 0.25) is 0 Å². The molecule has 0 spiro atoms. The van der Waals surface area contributed by atoms with Gasteiger partial charge >= 0.3 is 0 Å². The van der Waals surface area contributed by atoms with E-state index in [0.29, 0.717) is 12.1 Å². The summed E-state index contributed by atoms with van der Waals surface area (Å²) in [4.78, 5) is 14.4. The molecule has 0 saturated heterocycles.